The molecule has 0 saturated heterocycles. The van der Waals surface area contributed by atoms with Gasteiger partial charge in [0.15, 0.2) is 0 Å². The van der Waals surface area contributed by atoms with E-state index in [9.17, 15) is 9.59 Å². The number of carbonyl (C=O) groups is 2. The fourth-order valence-corrected chi connectivity index (χ4v) is 2.67. The van der Waals surface area contributed by atoms with Crippen LogP contribution in [0.15, 0.2) is 52.3 Å². The minimum Gasteiger partial charge on any atom is -0.425 e. The molecule has 5 heteroatoms. The van der Waals surface area contributed by atoms with Gasteiger partial charge in [-0.1, -0.05) is 35.5 Å². The molecule has 0 bridgehead atoms. The van der Waals surface area contributed by atoms with Gasteiger partial charge in [0, 0.05) is 22.3 Å². The third kappa shape index (κ3) is 3.85. The summed E-state index contributed by atoms with van der Waals surface area (Å²) in [6.45, 7) is 1.33. The Labute approximate surface area is 125 Å². The van der Waals surface area contributed by atoms with E-state index in [0.29, 0.717) is 16.3 Å². The topological polar surface area (TPSA) is 43.4 Å². The molecule has 0 saturated carbocycles. The Morgan fingerprint density at radius 1 is 1.15 bits per heavy atom. The number of esters is 1. The smallest absolute Gasteiger partial charge is 0.308 e. The molecule has 0 atom stereocenters. The van der Waals surface area contributed by atoms with Crippen LogP contribution in [0.4, 0.5) is 0 Å². The summed E-state index contributed by atoms with van der Waals surface area (Å²) in [5.41, 5.74) is 0.637. The van der Waals surface area contributed by atoms with E-state index in [1.165, 1.54) is 18.7 Å². The molecule has 2 rings (SSSR count). The number of rotatable bonds is 4. The molecule has 0 N–H and O–H groups in total. The molecule has 0 aromatic heterocycles. The molecule has 2 aromatic carbocycles. The normalized spacial score (nSPS) is 10.1. The fraction of sp³-hybridized carbons (Fsp3) is 0.0667. The zero-order valence-corrected chi connectivity index (χ0v) is 12.2. The minimum atomic E-state index is -0.406. The van der Waals surface area contributed by atoms with Gasteiger partial charge in [-0.25, -0.2) is 0 Å². The Morgan fingerprint density at radius 2 is 1.80 bits per heavy atom. The third-order valence-electron chi connectivity index (χ3n) is 2.41. The van der Waals surface area contributed by atoms with Crippen LogP contribution in [0, 0.1) is 0 Å². The first-order valence-electron chi connectivity index (χ1n) is 5.79. The average molecular weight is 307 g/mol. The lowest BCUT2D eigenvalue weighted by molar-refractivity contribution is -0.131. The van der Waals surface area contributed by atoms with Gasteiger partial charge < -0.3 is 4.74 Å². The minimum absolute atomic E-state index is 0.347. The Kier molecular flexibility index (Phi) is 4.82. The molecule has 102 valence electrons. The van der Waals surface area contributed by atoms with Gasteiger partial charge in [-0.2, -0.15) is 0 Å². The zero-order chi connectivity index (χ0) is 14.5. The van der Waals surface area contributed by atoms with Crippen molar-refractivity contribution in [2.24, 2.45) is 0 Å². The van der Waals surface area contributed by atoms with Crippen LogP contribution in [0.5, 0.6) is 5.75 Å². The van der Waals surface area contributed by atoms with Crippen LogP contribution in [0.3, 0.4) is 0 Å². The highest BCUT2D eigenvalue weighted by molar-refractivity contribution is 7.99. The Hall–Kier alpha value is -1.78. The highest BCUT2D eigenvalue weighted by Gasteiger charge is 2.06. The van der Waals surface area contributed by atoms with Gasteiger partial charge in [0.2, 0.25) is 0 Å². The molecule has 0 aliphatic heterocycles. The van der Waals surface area contributed by atoms with Crippen LogP contribution in [0.2, 0.25) is 5.02 Å². The largest absolute Gasteiger partial charge is 0.425 e. The number of benzene rings is 2. The molecule has 0 aliphatic carbocycles. The first-order valence-corrected chi connectivity index (χ1v) is 6.99. The number of halogens is 1. The van der Waals surface area contributed by atoms with Crippen LogP contribution < -0.4 is 4.74 Å². The highest BCUT2D eigenvalue weighted by Crippen LogP contribution is 2.33. The summed E-state index contributed by atoms with van der Waals surface area (Å²) in [5, 5.41) is 0.384. The molecule has 0 unspecified atom stereocenters. The second kappa shape index (κ2) is 6.59. The summed E-state index contributed by atoms with van der Waals surface area (Å²) in [4.78, 5) is 23.4. The van der Waals surface area contributed by atoms with Crippen molar-refractivity contribution < 1.29 is 14.3 Å². The van der Waals surface area contributed by atoms with Crippen molar-refractivity contribution in [3.05, 3.63) is 53.1 Å². The predicted octanol–water partition coefficient (Wildman–Crippen LogP) is 4.23. The lowest BCUT2D eigenvalue weighted by Crippen LogP contribution is -2.01. The van der Waals surface area contributed by atoms with Gasteiger partial charge in [0.1, 0.15) is 12.0 Å². The molecular formula is C15H11ClO3S. The summed E-state index contributed by atoms with van der Waals surface area (Å²) in [7, 11) is 0. The maximum absolute atomic E-state index is 10.9. The first kappa shape index (κ1) is 14.6. The molecule has 0 spiro atoms. The maximum Gasteiger partial charge on any atom is 0.308 e. The lowest BCUT2D eigenvalue weighted by atomic mass is 10.2. The van der Waals surface area contributed by atoms with E-state index in [1.807, 2.05) is 18.2 Å². The second-order valence-electron chi connectivity index (χ2n) is 3.97. The van der Waals surface area contributed by atoms with E-state index in [-0.39, 0.29) is 0 Å². The molecule has 0 aliphatic rings. The average Bonchev–Trinajstić information content (AvgIpc) is 2.42. The molecule has 20 heavy (non-hydrogen) atoms. The SMILES string of the molecule is CC(=O)Oc1ccc(Sc2ccc(C=O)cc2)cc1Cl. The fourth-order valence-electron chi connectivity index (χ4n) is 1.53. The summed E-state index contributed by atoms with van der Waals surface area (Å²) in [6, 6.07) is 12.4. The van der Waals surface area contributed by atoms with Crippen molar-refractivity contribution in [2.75, 3.05) is 0 Å². The van der Waals surface area contributed by atoms with Crippen LogP contribution in [0.25, 0.3) is 0 Å². The quantitative estimate of drug-likeness (QED) is 0.482. The maximum atomic E-state index is 10.9. The van der Waals surface area contributed by atoms with Gasteiger partial charge in [-0.15, -0.1) is 0 Å². The molecule has 2 aromatic rings. The van der Waals surface area contributed by atoms with E-state index in [0.717, 1.165) is 16.1 Å². The van der Waals surface area contributed by atoms with Crippen molar-refractivity contribution >= 4 is 35.6 Å². The Bertz CT molecular complexity index is 638. The van der Waals surface area contributed by atoms with Crippen molar-refractivity contribution in [3.63, 3.8) is 0 Å². The van der Waals surface area contributed by atoms with E-state index in [1.54, 1.807) is 24.3 Å². The number of hydrogen-bond donors (Lipinski definition) is 0. The number of ether oxygens (including phenoxy) is 1. The van der Waals surface area contributed by atoms with E-state index < -0.39 is 5.97 Å². The number of hydrogen-bond acceptors (Lipinski definition) is 4. The molecule has 0 heterocycles. The van der Waals surface area contributed by atoms with Gasteiger partial charge in [0.05, 0.1) is 5.02 Å². The number of carbonyl (C=O) groups excluding carboxylic acids is 2. The lowest BCUT2D eigenvalue weighted by Gasteiger charge is -2.06. The zero-order valence-electron chi connectivity index (χ0n) is 10.6. The van der Waals surface area contributed by atoms with Crippen molar-refractivity contribution in [3.8, 4) is 5.75 Å². The van der Waals surface area contributed by atoms with E-state index in [4.69, 9.17) is 16.3 Å². The Morgan fingerprint density at radius 3 is 2.35 bits per heavy atom. The van der Waals surface area contributed by atoms with Crippen LogP contribution in [-0.4, -0.2) is 12.3 Å². The highest BCUT2D eigenvalue weighted by atomic mass is 35.5. The molecule has 0 amide bonds. The Balaban J connectivity index is 2.14. The third-order valence-corrected chi connectivity index (χ3v) is 3.70. The number of aldehydes is 1. The molecule has 0 radical (unpaired) electrons. The van der Waals surface area contributed by atoms with Gasteiger partial charge in [-0.05, 0) is 30.3 Å². The van der Waals surface area contributed by atoms with Crippen LogP contribution in [-0.2, 0) is 4.79 Å². The van der Waals surface area contributed by atoms with Crippen LogP contribution >= 0.6 is 23.4 Å². The van der Waals surface area contributed by atoms with Gasteiger partial charge >= 0.3 is 5.97 Å². The standard InChI is InChI=1S/C15H11ClO3S/c1-10(18)19-15-7-6-13(8-14(15)16)20-12-4-2-11(9-17)3-5-12/h2-9H,1H3. The molecule has 0 fully saturated rings. The summed E-state index contributed by atoms with van der Waals surface area (Å²) < 4.78 is 4.96. The summed E-state index contributed by atoms with van der Waals surface area (Å²) in [6.07, 6.45) is 0.805. The van der Waals surface area contributed by atoms with Crippen molar-refractivity contribution in [2.45, 2.75) is 16.7 Å². The van der Waals surface area contributed by atoms with E-state index in [2.05, 4.69) is 0 Å². The molecule has 3 nitrogen and oxygen atoms in total. The first-order chi connectivity index (χ1) is 9.58. The second-order valence-corrected chi connectivity index (χ2v) is 5.53. The van der Waals surface area contributed by atoms with E-state index >= 15 is 0 Å². The van der Waals surface area contributed by atoms with Crippen LogP contribution in [0.1, 0.15) is 17.3 Å². The molecular weight excluding hydrogens is 296 g/mol. The van der Waals surface area contributed by atoms with Crippen molar-refractivity contribution in [1.29, 1.82) is 0 Å². The van der Waals surface area contributed by atoms with Gasteiger partial charge in [-0.3, -0.25) is 9.59 Å². The monoisotopic (exact) mass is 306 g/mol. The summed E-state index contributed by atoms with van der Waals surface area (Å²) in [5.74, 6) is -0.0587. The summed E-state index contributed by atoms with van der Waals surface area (Å²) >= 11 is 7.56. The van der Waals surface area contributed by atoms with Gasteiger partial charge in [0.25, 0.3) is 0 Å². The van der Waals surface area contributed by atoms with Crippen molar-refractivity contribution in [1.82, 2.24) is 0 Å². The predicted molar refractivity (Wildman–Crippen MR) is 78.7 cm³/mol.